The predicted octanol–water partition coefficient (Wildman–Crippen LogP) is 1.59. The third kappa shape index (κ3) is 2.94. The molecule has 1 heterocycles. The second kappa shape index (κ2) is 4.03. The van der Waals surface area contributed by atoms with Gasteiger partial charge in [-0.1, -0.05) is 0 Å². The largest absolute Gasteiger partial charge is 0.303 e. The van der Waals surface area contributed by atoms with E-state index in [1.54, 1.807) is 6.08 Å². The van der Waals surface area contributed by atoms with Crippen LogP contribution in [0.3, 0.4) is 0 Å². The van der Waals surface area contributed by atoms with Crippen molar-refractivity contribution in [1.82, 2.24) is 4.90 Å². The standard InChI is InChI=1S/C10H18N2O/c1-10(2,11-8-13)7-9-5-4-6-12(9)3/h9H,4-7H2,1-3H3. The Labute approximate surface area is 79.8 Å². The minimum Gasteiger partial charge on any atom is -0.303 e. The zero-order chi connectivity index (χ0) is 9.90. The van der Waals surface area contributed by atoms with Crippen molar-refractivity contribution in [3.63, 3.8) is 0 Å². The van der Waals surface area contributed by atoms with E-state index in [2.05, 4.69) is 16.9 Å². The molecule has 1 fully saturated rings. The molecule has 0 aromatic carbocycles. The van der Waals surface area contributed by atoms with Gasteiger partial charge in [-0.2, -0.15) is 4.99 Å². The SMILES string of the molecule is CN1CCCC1CC(C)(C)N=C=O. The van der Waals surface area contributed by atoms with E-state index >= 15 is 0 Å². The van der Waals surface area contributed by atoms with E-state index < -0.39 is 0 Å². The molecule has 0 bridgehead atoms. The third-order valence-corrected chi connectivity index (χ3v) is 2.75. The zero-order valence-electron chi connectivity index (χ0n) is 8.71. The summed E-state index contributed by atoms with van der Waals surface area (Å²) in [6.45, 7) is 5.15. The first-order valence-corrected chi connectivity index (χ1v) is 4.84. The van der Waals surface area contributed by atoms with Gasteiger partial charge in [-0.25, -0.2) is 4.79 Å². The van der Waals surface area contributed by atoms with Gasteiger partial charge >= 0.3 is 0 Å². The highest BCUT2D eigenvalue weighted by atomic mass is 16.1. The summed E-state index contributed by atoms with van der Waals surface area (Å²) >= 11 is 0. The summed E-state index contributed by atoms with van der Waals surface area (Å²) in [7, 11) is 2.14. The van der Waals surface area contributed by atoms with Crippen molar-refractivity contribution in [2.75, 3.05) is 13.6 Å². The highest BCUT2D eigenvalue weighted by molar-refractivity contribution is 5.34. The van der Waals surface area contributed by atoms with E-state index in [9.17, 15) is 4.79 Å². The Morgan fingerprint density at radius 1 is 1.62 bits per heavy atom. The van der Waals surface area contributed by atoms with Gasteiger partial charge in [-0.3, -0.25) is 0 Å². The first-order valence-electron chi connectivity index (χ1n) is 4.84. The monoisotopic (exact) mass is 182 g/mol. The van der Waals surface area contributed by atoms with Crippen LogP contribution >= 0.6 is 0 Å². The van der Waals surface area contributed by atoms with E-state index in [1.807, 2.05) is 13.8 Å². The fraction of sp³-hybridized carbons (Fsp3) is 0.900. The van der Waals surface area contributed by atoms with Gasteiger partial charge in [0.2, 0.25) is 6.08 Å². The van der Waals surface area contributed by atoms with Gasteiger partial charge in [0.1, 0.15) is 0 Å². The maximum atomic E-state index is 10.2. The zero-order valence-corrected chi connectivity index (χ0v) is 8.71. The van der Waals surface area contributed by atoms with E-state index in [0.29, 0.717) is 6.04 Å². The number of isocyanates is 1. The van der Waals surface area contributed by atoms with Crippen LogP contribution in [0.25, 0.3) is 0 Å². The summed E-state index contributed by atoms with van der Waals surface area (Å²) in [5.74, 6) is 0. The van der Waals surface area contributed by atoms with Crippen LogP contribution in [0.4, 0.5) is 0 Å². The average Bonchev–Trinajstić information content (AvgIpc) is 2.35. The highest BCUT2D eigenvalue weighted by Gasteiger charge is 2.28. The van der Waals surface area contributed by atoms with E-state index in [-0.39, 0.29) is 5.54 Å². The predicted molar refractivity (Wildman–Crippen MR) is 52.5 cm³/mol. The van der Waals surface area contributed by atoms with Crippen molar-refractivity contribution in [3.8, 4) is 0 Å². The number of hydrogen-bond donors (Lipinski definition) is 0. The summed E-state index contributed by atoms with van der Waals surface area (Å²) in [5.41, 5.74) is -0.245. The molecule has 3 nitrogen and oxygen atoms in total. The number of nitrogens with zero attached hydrogens (tertiary/aromatic N) is 2. The lowest BCUT2D eigenvalue weighted by Crippen LogP contribution is -2.32. The molecule has 1 saturated heterocycles. The molecule has 0 N–H and O–H groups in total. The van der Waals surface area contributed by atoms with Gasteiger partial charge < -0.3 is 4.90 Å². The molecule has 0 aromatic rings. The molecule has 1 atom stereocenters. The van der Waals surface area contributed by atoms with Crippen molar-refractivity contribution in [2.24, 2.45) is 4.99 Å². The van der Waals surface area contributed by atoms with Crippen LogP contribution < -0.4 is 0 Å². The second-order valence-corrected chi connectivity index (χ2v) is 4.50. The number of aliphatic imine (C=N–C) groups is 1. The molecule has 0 spiro atoms. The van der Waals surface area contributed by atoms with Crippen LogP contribution in [0, 0.1) is 0 Å². The number of hydrogen-bond acceptors (Lipinski definition) is 3. The summed E-state index contributed by atoms with van der Waals surface area (Å²) in [4.78, 5) is 16.3. The van der Waals surface area contributed by atoms with Crippen molar-refractivity contribution in [3.05, 3.63) is 0 Å². The second-order valence-electron chi connectivity index (χ2n) is 4.50. The third-order valence-electron chi connectivity index (χ3n) is 2.75. The van der Waals surface area contributed by atoms with Crippen molar-refractivity contribution in [1.29, 1.82) is 0 Å². The van der Waals surface area contributed by atoms with E-state index in [0.717, 1.165) is 6.42 Å². The first-order chi connectivity index (χ1) is 6.05. The van der Waals surface area contributed by atoms with Crippen LogP contribution in [-0.2, 0) is 4.79 Å². The minimum atomic E-state index is -0.245. The van der Waals surface area contributed by atoms with Crippen LogP contribution in [-0.4, -0.2) is 36.2 Å². The lowest BCUT2D eigenvalue weighted by molar-refractivity contribution is 0.257. The van der Waals surface area contributed by atoms with Crippen molar-refractivity contribution < 1.29 is 4.79 Å². The molecule has 0 aromatic heterocycles. The normalized spacial score (nSPS) is 24.4. The number of carbonyl (C=O) groups excluding carboxylic acids is 1. The lowest BCUT2D eigenvalue weighted by atomic mass is 9.95. The Kier molecular flexibility index (Phi) is 3.23. The Bertz CT molecular complexity index is 219. The lowest BCUT2D eigenvalue weighted by Gasteiger charge is -2.26. The van der Waals surface area contributed by atoms with Gasteiger partial charge in [-0.15, -0.1) is 0 Å². The van der Waals surface area contributed by atoms with Gasteiger partial charge in [0.25, 0.3) is 0 Å². The molecule has 13 heavy (non-hydrogen) atoms. The van der Waals surface area contributed by atoms with E-state index in [4.69, 9.17) is 0 Å². The molecule has 0 amide bonds. The Hall–Kier alpha value is -0.660. The van der Waals surface area contributed by atoms with Crippen LogP contribution in [0.15, 0.2) is 4.99 Å². The molecule has 1 unspecified atom stereocenters. The molecular weight excluding hydrogens is 164 g/mol. The maximum Gasteiger partial charge on any atom is 0.235 e. The summed E-state index contributed by atoms with van der Waals surface area (Å²) in [5, 5.41) is 0. The first kappa shape index (κ1) is 10.4. The van der Waals surface area contributed by atoms with Gasteiger partial charge in [0.05, 0.1) is 5.54 Å². The van der Waals surface area contributed by atoms with Crippen molar-refractivity contribution in [2.45, 2.75) is 44.7 Å². The van der Waals surface area contributed by atoms with Crippen molar-refractivity contribution >= 4 is 6.08 Å². The molecule has 3 heteroatoms. The Balaban J connectivity index is 2.51. The van der Waals surface area contributed by atoms with E-state index in [1.165, 1.54) is 19.4 Å². The highest BCUT2D eigenvalue weighted by Crippen LogP contribution is 2.25. The maximum absolute atomic E-state index is 10.2. The molecule has 0 aliphatic carbocycles. The molecule has 0 saturated carbocycles. The molecule has 1 rings (SSSR count). The van der Waals surface area contributed by atoms with Crippen LogP contribution in [0.1, 0.15) is 33.1 Å². The summed E-state index contributed by atoms with van der Waals surface area (Å²) < 4.78 is 0. The van der Waals surface area contributed by atoms with Gasteiger partial charge in [0, 0.05) is 6.04 Å². The smallest absolute Gasteiger partial charge is 0.235 e. The Morgan fingerprint density at radius 2 is 2.31 bits per heavy atom. The average molecular weight is 182 g/mol. The quantitative estimate of drug-likeness (QED) is 0.490. The van der Waals surface area contributed by atoms with Crippen LogP contribution in [0.2, 0.25) is 0 Å². The van der Waals surface area contributed by atoms with Gasteiger partial charge in [0.15, 0.2) is 0 Å². The molecule has 1 aliphatic heterocycles. The summed E-state index contributed by atoms with van der Waals surface area (Å²) in [6.07, 6.45) is 5.11. The number of likely N-dealkylation sites (tertiary alicyclic amines) is 1. The number of rotatable bonds is 3. The van der Waals surface area contributed by atoms with Crippen LogP contribution in [0.5, 0.6) is 0 Å². The fourth-order valence-electron chi connectivity index (χ4n) is 1.98. The molecule has 74 valence electrons. The molecule has 0 radical (unpaired) electrons. The molecule has 1 aliphatic rings. The Morgan fingerprint density at radius 3 is 2.77 bits per heavy atom. The topological polar surface area (TPSA) is 32.7 Å². The molecular formula is C10H18N2O. The van der Waals surface area contributed by atoms with Gasteiger partial charge in [-0.05, 0) is 46.7 Å². The minimum absolute atomic E-state index is 0.245. The fourth-order valence-corrected chi connectivity index (χ4v) is 1.98. The summed E-state index contributed by atoms with van der Waals surface area (Å²) in [6, 6.07) is 0.590.